The third-order valence-corrected chi connectivity index (χ3v) is 4.57. The summed E-state index contributed by atoms with van der Waals surface area (Å²) < 4.78 is 5.34. The zero-order chi connectivity index (χ0) is 18.0. The lowest BCUT2D eigenvalue weighted by molar-refractivity contribution is -0.385. The molecular weight excluding hydrogens is 324 g/mol. The van der Waals surface area contributed by atoms with E-state index >= 15 is 0 Å². The Hall–Kier alpha value is -2.55. The molecule has 0 radical (unpaired) electrons. The molecule has 9 nitrogen and oxygen atoms in total. The lowest BCUT2D eigenvalue weighted by Gasteiger charge is -2.37. The number of aryl methyl sites for hydroxylation is 2. The van der Waals surface area contributed by atoms with Crippen LogP contribution < -0.4 is 4.90 Å². The molecule has 3 heterocycles. The van der Waals surface area contributed by atoms with Crippen molar-refractivity contribution in [1.82, 2.24) is 20.0 Å². The van der Waals surface area contributed by atoms with Gasteiger partial charge in [-0.15, -0.1) is 0 Å². The van der Waals surface area contributed by atoms with Crippen molar-refractivity contribution in [2.75, 3.05) is 31.1 Å². The van der Waals surface area contributed by atoms with E-state index in [4.69, 9.17) is 4.52 Å². The minimum absolute atomic E-state index is 0.0247. The molecule has 9 heteroatoms. The Morgan fingerprint density at radius 2 is 2.08 bits per heavy atom. The predicted octanol–water partition coefficient (Wildman–Crippen LogP) is 2.13. The van der Waals surface area contributed by atoms with Crippen LogP contribution in [0.5, 0.6) is 0 Å². The van der Waals surface area contributed by atoms with E-state index in [0.717, 1.165) is 49.8 Å². The predicted molar refractivity (Wildman–Crippen MR) is 91.5 cm³/mol. The molecule has 2 aromatic heterocycles. The highest BCUT2D eigenvalue weighted by Gasteiger charge is 2.27. The van der Waals surface area contributed by atoms with E-state index in [1.807, 2.05) is 13.8 Å². The Labute approximate surface area is 145 Å². The highest BCUT2D eigenvalue weighted by Crippen LogP contribution is 2.25. The van der Waals surface area contributed by atoms with Crippen molar-refractivity contribution in [3.63, 3.8) is 0 Å². The number of piperazine rings is 1. The molecule has 0 aliphatic carbocycles. The summed E-state index contributed by atoms with van der Waals surface area (Å²) in [6, 6.07) is 1.64. The molecule has 0 aromatic carbocycles. The number of hydrogen-bond donors (Lipinski definition) is 0. The molecule has 1 aliphatic rings. The maximum Gasteiger partial charge on any atom is 0.287 e. The first-order valence-electron chi connectivity index (χ1n) is 8.42. The second-order valence-electron chi connectivity index (χ2n) is 6.19. The van der Waals surface area contributed by atoms with Crippen LogP contribution >= 0.6 is 0 Å². The summed E-state index contributed by atoms with van der Waals surface area (Å²) in [5.41, 5.74) is 0.844. The minimum atomic E-state index is -0.418. The van der Waals surface area contributed by atoms with Gasteiger partial charge < -0.3 is 9.42 Å². The van der Waals surface area contributed by atoms with Crippen molar-refractivity contribution >= 4 is 11.5 Å². The highest BCUT2D eigenvalue weighted by molar-refractivity contribution is 5.50. The smallest absolute Gasteiger partial charge is 0.287 e. The molecule has 1 saturated heterocycles. The van der Waals surface area contributed by atoms with Crippen LogP contribution in [-0.2, 0) is 6.42 Å². The van der Waals surface area contributed by atoms with Crippen molar-refractivity contribution in [3.05, 3.63) is 39.7 Å². The summed E-state index contributed by atoms with van der Waals surface area (Å²) in [6.45, 7) is 9.19. The molecule has 1 aliphatic heterocycles. The SMILES string of the molecule is CCc1noc(C(C)N2CCN(c3ncc([N+](=O)[O-])cc3C)CC2)n1. The van der Waals surface area contributed by atoms with E-state index < -0.39 is 4.92 Å². The van der Waals surface area contributed by atoms with E-state index in [1.165, 1.54) is 6.20 Å². The highest BCUT2D eigenvalue weighted by atomic mass is 16.6. The van der Waals surface area contributed by atoms with Gasteiger partial charge in [0.15, 0.2) is 5.82 Å². The van der Waals surface area contributed by atoms with E-state index in [-0.39, 0.29) is 11.7 Å². The van der Waals surface area contributed by atoms with Gasteiger partial charge in [0.05, 0.1) is 11.0 Å². The molecule has 3 rings (SSSR count). The second kappa shape index (κ2) is 7.14. The zero-order valence-corrected chi connectivity index (χ0v) is 14.7. The van der Waals surface area contributed by atoms with Crippen LogP contribution in [0, 0.1) is 17.0 Å². The van der Waals surface area contributed by atoms with Crippen molar-refractivity contribution in [2.24, 2.45) is 0 Å². The lowest BCUT2D eigenvalue weighted by Crippen LogP contribution is -2.47. The van der Waals surface area contributed by atoms with E-state index in [2.05, 4.69) is 31.8 Å². The van der Waals surface area contributed by atoms with Gasteiger partial charge in [0.25, 0.3) is 5.69 Å². The minimum Gasteiger partial charge on any atom is -0.354 e. The van der Waals surface area contributed by atoms with Crippen molar-refractivity contribution in [1.29, 1.82) is 0 Å². The Bertz CT molecular complexity index is 754. The van der Waals surface area contributed by atoms with Crippen LogP contribution in [0.25, 0.3) is 0 Å². The van der Waals surface area contributed by atoms with Gasteiger partial charge in [0.2, 0.25) is 5.89 Å². The van der Waals surface area contributed by atoms with E-state index in [1.54, 1.807) is 6.07 Å². The third-order valence-electron chi connectivity index (χ3n) is 4.57. The van der Waals surface area contributed by atoms with Gasteiger partial charge in [-0.1, -0.05) is 12.1 Å². The molecule has 2 aromatic rings. The number of pyridine rings is 1. The largest absolute Gasteiger partial charge is 0.354 e. The van der Waals surface area contributed by atoms with Gasteiger partial charge in [0.1, 0.15) is 12.0 Å². The monoisotopic (exact) mass is 346 g/mol. The fourth-order valence-corrected chi connectivity index (χ4v) is 3.04. The molecule has 1 unspecified atom stereocenters. The Kier molecular flexibility index (Phi) is 4.93. The Balaban J connectivity index is 1.64. The quantitative estimate of drug-likeness (QED) is 0.599. The van der Waals surface area contributed by atoms with Crippen LogP contribution in [0.2, 0.25) is 0 Å². The molecule has 0 amide bonds. The number of anilines is 1. The first kappa shape index (κ1) is 17.3. The molecule has 1 fully saturated rings. The first-order chi connectivity index (χ1) is 12.0. The summed E-state index contributed by atoms with van der Waals surface area (Å²) in [5, 5.41) is 14.8. The van der Waals surface area contributed by atoms with Crippen molar-refractivity contribution < 1.29 is 9.45 Å². The number of hydrogen-bond acceptors (Lipinski definition) is 8. The fourth-order valence-electron chi connectivity index (χ4n) is 3.04. The molecule has 134 valence electrons. The molecule has 25 heavy (non-hydrogen) atoms. The molecule has 0 spiro atoms. The molecule has 0 bridgehead atoms. The van der Waals surface area contributed by atoms with Crippen LogP contribution in [0.15, 0.2) is 16.8 Å². The van der Waals surface area contributed by atoms with Gasteiger partial charge in [-0.05, 0) is 19.4 Å². The average molecular weight is 346 g/mol. The van der Waals surface area contributed by atoms with Gasteiger partial charge in [0, 0.05) is 38.7 Å². The Morgan fingerprint density at radius 3 is 2.64 bits per heavy atom. The lowest BCUT2D eigenvalue weighted by atomic mass is 10.2. The van der Waals surface area contributed by atoms with Gasteiger partial charge >= 0.3 is 0 Å². The second-order valence-corrected chi connectivity index (χ2v) is 6.19. The zero-order valence-electron chi connectivity index (χ0n) is 14.7. The van der Waals surface area contributed by atoms with Gasteiger partial charge in [-0.3, -0.25) is 15.0 Å². The number of rotatable bonds is 5. The summed E-state index contributed by atoms with van der Waals surface area (Å²) in [6.07, 6.45) is 2.08. The topological polar surface area (TPSA) is 101 Å². The summed E-state index contributed by atoms with van der Waals surface area (Å²) in [7, 11) is 0. The number of nitrogens with zero attached hydrogens (tertiary/aromatic N) is 6. The van der Waals surface area contributed by atoms with Crippen molar-refractivity contribution in [2.45, 2.75) is 33.2 Å². The summed E-state index contributed by atoms with van der Waals surface area (Å²) in [5.74, 6) is 2.19. The number of aromatic nitrogens is 3. The van der Waals surface area contributed by atoms with Crippen LogP contribution in [0.1, 0.15) is 37.2 Å². The van der Waals surface area contributed by atoms with Crippen LogP contribution in [0.4, 0.5) is 11.5 Å². The van der Waals surface area contributed by atoms with E-state index in [9.17, 15) is 10.1 Å². The maximum atomic E-state index is 10.8. The number of nitro groups is 1. The average Bonchev–Trinajstić information content (AvgIpc) is 3.10. The van der Waals surface area contributed by atoms with Crippen molar-refractivity contribution in [3.8, 4) is 0 Å². The maximum absolute atomic E-state index is 10.8. The normalized spacial score (nSPS) is 16.8. The molecule has 1 atom stereocenters. The Morgan fingerprint density at radius 1 is 1.36 bits per heavy atom. The molecule has 0 N–H and O–H groups in total. The first-order valence-corrected chi connectivity index (χ1v) is 8.42. The van der Waals surface area contributed by atoms with Gasteiger partial charge in [-0.2, -0.15) is 4.98 Å². The van der Waals surface area contributed by atoms with Gasteiger partial charge in [-0.25, -0.2) is 4.98 Å². The fraction of sp³-hybridized carbons (Fsp3) is 0.562. The summed E-state index contributed by atoms with van der Waals surface area (Å²) >= 11 is 0. The van der Waals surface area contributed by atoms with E-state index in [0.29, 0.717) is 5.89 Å². The summed E-state index contributed by atoms with van der Waals surface area (Å²) in [4.78, 5) is 23.6. The molecular formula is C16H22N6O3. The van der Waals surface area contributed by atoms with Crippen LogP contribution in [-0.4, -0.2) is 51.1 Å². The standard InChI is InChI=1S/C16H22N6O3/c1-4-14-18-16(25-19-14)12(3)20-5-7-21(8-6-20)15-11(2)9-13(10-17-15)22(23)24/h9-10,12H,4-8H2,1-3H3. The third kappa shape index (κ3) is 3.60. The van der Waals surface area contributed by atoms with Crippen LogP contribution in [0.3, 0.4) is 0 Å². The molecule has 0 saturated carbocycles.